The van der Waals surface area contributed by atoms with Gasteiger partial charge in [-0.25, -0.2) is 0 Å². The Hall–Kier alpha value is -9.97. The molecule has 4 aliphatic rings. The molecule has 0 bridgehead atoms. The Labute approximate surface area is 519 Å². The zero-order valence-corrected chi connectivity index (χ0v) is 50.6. The van der Waals surface area contributed by atoms with Crippen molar-refractivity contribution in [3.8, 4) is 5.69 Å². The van der Waals surface area contributed by atoms with Gasteiger partial charge in [0, 0.05) is 0 Å². The van der Waals surface area contributed by atoms with Crippen molar-refractivity contribution in [2.75, 3.05) is 19.6 Å². The number of fused-ring (bicyclic) bond motifs is 11. The van der Waals surface area contributed by atoms with E-state index in [1.54, 1.807) is 0 Å². The molecule has 406 valence electrons. The summed E-state index contributed by atoms with van der Waals surface area (Å²) in [5.41, 5.74) is 26.0. The van der Waals surface area contributed by atoms with E-state index < -0.39 is 0 Å². The van der Waals surface area contributed by atoms with Crippen LogP contribution in [-0.4, -0.2) is 47.9 Å². The Balaban J connectivity index is 0.969. The van der Waals surface area contributed by atoms with Crippen molar-refractivity contribution in [1.29, 1.82) is 0 Å². The fourth-order valence-electron chi connectivity index (χ4n) is 14.5. The number of anilines is 12. The summed E-state index contributed by atoms with van der Waals surface area (Å²) in [4.78, 5) is 10.0. The summed E-state index contributed by atoms with van der Waals surface area (Å²) < 4.78 is 8.42. The van der Waals surface area contributed by atoms with E-state index in [-0.39, 0.29) is 43.3 Å². The van der Waals surface area contributed by atoms with E-state index in [0.717, 1.165) is 45.5 Å². The molecule has 0 saturated carbocycles. The van der Waals surface area contributed by atoms with E-state index in [4.69, 9.17) is 0 Å². The van der Waals surface area contributed by atoms with E-state index >= 15 is 0 Å². The van der Waals surface area contributed by atoms with Crippen LogP contribution in [0.1, 0.15) is 0 Å². The second kappa shape index (κ2) is 20.3. The number of benzene rings is 13. The van der Waals surface area contributed by atoms with Crippen LogP contribution in [0.4, 0.5) is 68.2 Å². The first kappa shape index (κ1) is 50.4. The Bertz CT molecular complexity index is 4640. The van der Waals surface area contributed by atoms with Crippen molar-refractivity contribution in [3.05, 3.63) is 309 Å². The van der Waals surface area contributed by atoms with Gasteiger partial charge in [0.25, 0.3) is 0 Å². The van der Waals surface area contributed by atoms with Crippen LogP contribution < -0.4 is 70.2 Å². The molecule has 14 aromatic rings. The minimum atomic E-state index is -0.189. The maximum atomic E-state index is 2.74. The van der Waals surface area contributed by atoms with Gasteiger partial charge < -0.3 is 0 Å². The van der Waals surface area contributed by atoms with Gasteiger partial charge >= 0.3 is 523 Å². The number of nitrogens with zero attached hydrogens (tertiary/aromatic N) is 5. The van der Waals surface area contributed by atoms with E-state index in [1.165, 1.54) is 101 Å². The molecule has 1 aromatic heterocycles. The van der Waals surface area contributed by atoms with E-state index in [1.807, 2.05) is 0 Å². The predicted molar refractivity (Wildman–Crippen MR) is 372 cm³/mol. The van der Waals surface area contributed by atoms with Gasteiger partial charge in [-0.3, -0.25) is 0 Å². The summed E-state index contributed by atoms with van der Waals surface area (Å²) >= 11 is -0.377. The van der Waals surface area contributed by atoms with Crippen LogP contribution in [0.25, 0.3) is 27.5 Å². The number of aromatic nitrogens is 1. The number of hydrogen-bond acceptors (Lipinski definition) is 4. The number of hydrogen-bond donors (Lipinski definition) is 0. The van der Waals surface area contributed by atoms with E-state index in [0.29, 0.717) is 0 Å². The molecular formula is C78H51B2N5Se2. The first-order chi connectivity index (χ1) is 43.2. The van der Waals surface area contributed by atoms with Gasteiger partial charge in [-0.05, 0) is 0 Å². The molecule has 4 aliphatic heterocycles. The third-order valence-electron chi connectivity index (χ3n) is 18.0. The fourth-order valence-corrected chi connectivity index (χ4v) is 20.3. The third-order valence-corrected chi connectivity index (χ3v) is 23.0. The van der Waals surface area contributed by atoms with Crippen molar-refractivity contribution in [2.24, 2.45) is 0 Å². The molecule has 13 aromatic carbocycles. The second-order valence-corrected chi connectivity index (χ2v) is 27.1. The van der Waals surface area contributed by atoms with Gasteiger partial charge in [0.1, 0.15) is 0 Å². The molecular weight excluding hydrogens is 1190 g/mol. The van der Waals surface area contributed by atoms with Gasteiger partial charge in [-0.1, -0.05) is 0 Å². The monoisotopic (exact) mass is 1240 g/mol. The molecule has 0 atom stereocenters. The average molecular weight is 1240 g/mol. The van der Waals surface area contributed by atoms with E-state index in [9.17, 15) is 0 Å². The molecule has 0 unspecified atom stereocenters. The molecule has 0 radical (unpaired) electrons. The molecule has 87 heavy (non-hydrogen) atoms. The van der Waals surface area contributed by atoms with Crippen LogP contribution in [0, 0.1) is 0 Å². The second-order valence-electron chi connectivity index (χ2n) is 22.7. The van der Waals surface area contributed by atoms with Crippen LogP contribution in [0.3, 0.4) is 0 Å². The zero-order chi connectivity index (χ0) is 57.1. The van der Waals surface area contributed by atoms with Crippen molar-refractivity contribution in [2.45, 2.75) is 0 Å². The minimum absolute atomic E-state index is 0.0643. The van der Waals surface area contributed by atoms with Gasteiger partial charge in [0.15, 0.2) is 0 Å². The third kappa shape index (κ3) is 7.87. The molecule has 9 heteroatoms. The number of rotatable bonds is 9. The Kier molecular flexibility index (Phi) is 11.8. The molecule has 5 nitrogen and oxygen atoms in total. The van der Waals surface area contributed by atoms with Crippen molar-refractivity contribution >= 4 is 184 Å². The summed E-state index contributed by atoms with van der Waals surface area (Å²) in [5, 5.41) is 2.54. The molecule has 0 amide bonds. The van der Waals surface area contributed by atoms with Gasteiger partial charge in [0.2, 0.25) is 0 Å². The molecule has 0 spiro atoms. The van der Waals surface area contributed by atoms with Gasteiger partial charge in [-0.15, -0.1) is 0 Å². The van der Waals surface area contributed by atoms with Crippen LogP contribution in [0.2, 0.25) is 0 Å². The Morgan fingerprint density at radius 2 is 0.609 bits per heavy atom. The van der Waals surface area contributed by atoms with Crippen LogP contribution in [-0.2, 0) is 0 Å². The van der Waals surface area contributed by atoms with Crippen LogP contribution in [0.15, 0.2) is 309 Å². The Morgan fingerprint density at radius 1 is 0.276 bits per heavy atom. The number of para-hydroxylation sites is 10. The normalized spacial score (nSPS) is 13.1. The fraction of sp³-hybridized carbons (Fsp3) is 0. The summed E-state index contributed by atoms with van der Waals surface area (Å²) in [7, 11) is 0. The molecule has 5 heterocycles. The molecule has 18 rings (SSSR count). The molecule has 0 fully saturated rings. The van der Waals surface area contributed by atoms with Gasteiger partial charge in [-0.2, -0.15) is 0 Å². The summed E-state index contributed by atoms with van der Waals surface area (Å²) in [6, 6.07) is 116. The summed E-state index contributed by atoms with van der Waals surface area (Å²) in [5.74, 6) is 0. The van der Waals surface area contributed by atoms with E-state index in [2.05, 4.69) is 334 Å². The topological polar surface area (TPSA) is 17.9 Å². The first-order valence-corrected chi connectivity index (χ1v) is 33.2. The molecule has 0 saturated heterocycles. The first-order valence-electron chi connectivity index (χ1n) is 29.8. The molecule has 0 N–H and O–H groups in total. The predicted octanol–water partition coefficient (Wildman–Crippen LogP) is 12.3. The van der Waals surface area contributed by atoms with Crippen molar-refractivity contribution in [1.82, 2.24) is 4.57 Å². The summed E-state index contributed by atoms with van der Waals surface area (Å²) in [6.45, 7) is -0.129. The average Bonchev–Trinajstić information content (AvgIpc) is 1.39. The van der Waals surface area contributed by atoms with Crippen molar-refractivity contribution < 1.29 is 0 Å². The van der Waals surface area contributed by atoms with Gasteiger partial charge in [0.05, 0.1) is 0 Å². The molecule has 0 aliphatic carbocycles. The zero-order valence-electron chi connectivity index (χ0n) is 47.2. The van der Waals surface area contributed by atoms with Crippen molar-refractivity contribution in [3.63, 3.8) is 0 Å². The SMILES string of the molecule is c1ccc(N(c2ccccc2)c2cc3c4c(c2)N(c2ccccc2)c2ccccc2B4c2cc4c(c(-n5c6ccccc6c6ccccc65)c2[Se]3)[Se]c2cc(N(c3ccccc3)c3ccccc3)cc3c2B4c2ccccc2N3c2ccccc2)cc1. The Morgan fingerprint density at radius 3 is 1.00 bits per heavy atom. The van der Waals surface area contributed by atoms with Crippen LogP contribution >= 0.6 is 0 Å². The quantitative estimate of drug-likeness (QED) is 0.134. The summed E-state index contributed by atoms with van der Waals surface area (Å²) in [6.07, 6.45) is 0. The van der Waals surface area contributed by atoms with Crippen LogP contribution in [0.5, 0.6) is 0 Å². The standard InChI is InChI=1S/C78H51B2N5Se2/c1-7-27-52(28-8-1)81(53-29-9-2-10-30-53)58-47-70-74-72(49-58)86-77-64(79(74)62-41-21-25-45-68(62)83(70)56-35-15-5-16-36-56)51-65-78(76(77)85-66-43-23-19-39-60(66)61-40-20-24-44-67(61)85)87-73-50-59(82(54-31-11-3-12-32-54)55-33-13-4-14-34-55)48-71-75(73)80(65)63-42-22-26-46-69(63)84(71)57-37-17-6-18-38-57/h1-51H. The maximum absolute atomic E-state index is 2.74.